The molecule has 6 heteroatoms. The average Bonchev–Trinajstić information content (AvgIpc) is 2.70. The summed E-state index contributed by atoms with van der Waals surface area (Å²) in [5, 5.41) is 13.3. The van der Waals surface area contributed by atoms with Crippen molar-refractivity contribution in [2.45, 2.75) is 38.9 Å². The molecule has 0 heterocycles. The lowest BCUT2D eigenvalue weighted by atomic mass is 9.99. The normalized spacial score (nSPS) is 12.2. The monoisotopic (exact) mass is 417 g/mol. The van der Waals surface area contributed by atoms with Gasteiger partial charge in [-0.3, -0.25) is 4.79 Å². The van der Waals surface area contributed by atoms with E-state index >= 15 is 0 Å². The number of aryl methyl sites for hydroxylation is 1. The smallest absolute Gasteiger partial charge is 0.416 e. The summed E-state index contributed by atoms with van der Waals surface area (Å²) in [6.45, 7) is 3.95. The Hall–Kier alpha value is -2.86. The molecule has 3 aromatic carbocycles. The summed E-state index contributed by atoms with van der Waals surface area (Å²) in [5.41, 5.74) is 1.38. The first-order valence-electron chi connectivity index (χ1n) is 9.75. The van der Waals surface area contributed by atoms with Gasteiger partial charge in [-0.05, 0) is 54.3 Å². The van der Waals surface area contributed by atoms with Gasteiger partial charge in [0.2, 0.25) is 0 Å². The molecule has 0 unspecified atom stereocenters. The Morgan fingerprint density at radius 1 is 1.03 bits per heavy atom. The van der Waals surface area contributed by atoms with Crippen LogP contribution < -0.4 is 5.32 Å². The molecular weight excluding hydrogens is 391 g/mol. The molecule has 3 nitrogen and oxygen atoms in total. The maximum Gasteiger partial charge on any atom is 0.416 e. The van der Waals surface area contributed by atoms with Crippen molar-refractivity contribution in [2.24, 2.45) is 0 Å². The summed E-state index contributed by atoms with van der Waals surface area (Å²) in [5.74, 6) is -0.833. The lowest BCUT2D eigenvalue weighted by Crippen LogP contribution is -2.20. The Labute approximate surface area is 174 Å². The van der Waals surface area contributed by atoms with E-state index in [0.29, 0.717) is 6.42 Å². The SMILES string of the molecule is CC(=O)O.C[C@@H](NCCCc1cccc(C(F)(F)F)c1)c1cccc2ccccc12. The van der Waals surface area contributed by atoms with Crippen molar-refractivity contribution in [3.8, 4) is 0 Å². The van der Waals surface area contributed by atoms with Gasteiger partial charge >= 0.3 is 6.18 Å². The average molecular weight is 417 g/mol. The van der Waals surface area contributed by atoms with Crippen LogP contribution in [0.4, 0.5) is 13.2 Å². The highest BCUT2D eigenvalue weighted by Gasteiger charge is 2.30. The quantitative estimate of drug-likeness (QED) is 0.467. The molecule has 0 saturated heterocycles. The van der Waals surface area contributed by atoms with Crippen molar-refractivity contribution in [1.82, 2.24) is 5.32 Å². The van der Waals surface area contributed by atoms with Gasteiger partial charge in [-0.15, -0.1) is 0 Å². The van der Waals surface area contributed by atoms with Gasteiger partial charge in [-0.2, -0.15) is 13.2 Å². The van der Waals surface area contributed by atoms with Crippen LogP contribution in [0, 0.1) is 0 Å². The molecule has 0 amide bonds. The molecule has 1 atom stereocenters. The summed E-state index contributed by atoms with van der Waals surface area (Å²) < 4.78 is 38.3. The summed E-state index contributed by atoms with van der Waals surface area (Å²) >= 11 is 0. The number of carboxylic acids is 1. The van der Waals surface area contributed by atoms with Crippen molar-refractivity contribution in [3.63, 3.8) is 0 Å². The Bertz CT molecular complexity index is 961. The van der Waals surface area contributed by atoms with Crippen LogP contribution in [0.15, 0.2) is 66.7 Å². The van der Waals surface area contributed by atoms with Crippen LogP contribution in [0.2, 0.25) is 0 Å². The Kier molecular flexibility index (Phi) is 8.42. The first-order valence-corrected chi connectivity index (χ1v) is 9.75. The number of nitrogens with one attached hydrogen (secondary N) is 1. The van der Waals surface area contributed by atoms with E-state index in [1.807, 2.05) is 12.1 Å². The van der Waals surface area contributed by atoms with E-state index in [1.165, 1.54) is 28.5 Å². The number of halogens is 3. The third kappa shape index (κ3) is 7.19. The number of carbonyl (C=O) groups is 1. The fraction of sp³-hybridized carbons (Fsp3) is 0.292. The standard InChI is InChI=1S/C22H22F3N.C2H4O2/c1-16(20-13-5-10-18-9-2-3-12-21(18)20)26-14-6-8-17-7-4-11-19(15-17)22(23,24)25;1-2(3)4/h2-5,7,9-13,15-16,26H,6,8,14H2,1H3;1H3,(H,3,4)/t16-;/m1./s1. The number of benzene rings is 3. The van der Waals surface area contributed by atoms with Crippen LogP contribution in [0.3, 0.4) is 0 Å². The van der Waals surface area contributed by atoms with Gasteiger partial charge in [0, 0.05) is 13.0 Å². The van der Waals surface area contributed by atoms with Crippen LogP contribution in [-0.2, 0) is 17.4 Å². The van der Waals surface area contributed by atoms with Gasteiger partial charge < -0.3 is 10.4 Å². The second kappa shape index (κ2) is 10.8. The highest BCUT2D eigenvalue weighted by atomic mass is 19.4. The number of hydrogen-bond donors (Lipinski definition) is 2. The molecule has 0 aliphatic carbocycles. The largest absolute Gasteiger partial charge is 0.481 e. The minimum Gasteiger partial charge on any atom is -0.481 e. The van der Waals surface area contributed by atoms with Crippen molar-refractivity contribution >= 4 is 16.7 Å². The lowest BCUT2D eigenvalue weighted by Gasteiger charge is -2.17. The predicted molar refractivity (Wildman–Crippen MR) is 113 cm³/mol. The van der Waals surface area contributed by atoms with Gasteiger partial charge in [0.15, 0.2) is 0 Å². The third-order valence-corrected chi connectivity index (χ3v) is 4.64. The van der Waals surface area contributed by atoms with E-state index in [4.69, 9.17) is 9.90 Å². The molecular formula is C24H26F3NO2. The first kappa shape index (κ1) is 23.4. The zero-order valence-corrected chi connectivity index (χ0v) is 17.0. The first-order chi connectivity index (χ1) is 14.2. The number of carboxylic acid groups (broad SMARTS) is 1. The molecule has 0 aliphatic heterocycles. The number of alkyl halides is 3. The second-order valence-corrected chi connectivity index (χ2v) is 7.06. The molecule has 30 heavy (non-hydrogen) atoms. The maximum absolute atomic E-state index is 12.8. The molecule has 0 spiro atoms. The van der Waals surface area contributed by atoms with Gasteiger partial charge in [0.05, 0.1) is 5.56 Å². The van der Waals surface area contributed by atoms with Crippen LogP contribution in [-0.4, -0.2) is 17.6 Å². The van der Waals surface area contributed by atoms with Crippen LogP contribution in [0.25, 0.3) is 10.8 Å². The van der Waals surface area contributed by atoms with Gasteiger partial charge in [0.1, 0.15) is 0 Å². The van der Waals surface area contributed by atoms with Crippen LogP contribution in [0.1, 0.15) is 43.0 Å². The van der Waals surface area contributed by atoms with E-state index in [0.717, 1.165) is 31.5 Å². The van der Waals surface area contributed by atoms with E-state index in [9.17, 15) is 13.2 Å². The number of hydrogen-bond acceptors (Lipinski definition) is 2. The zero-order chi connectivity index (χ0) is 22.1. The highest BCUT2D eigenvalue weighted by Crippen LogP contribution is 2.29. The van der Waals surface area contributed by atoms with E-state index in [1.54, 1.807) is 6.07 Å². The minimum atomic E-state index is -4.28. The number of fused-ring (bicyclic) bond motifs is 1. The Balaban J connectivity index is 0.000000735. The topological polar surface area (TPSA) is 49.3 Å². The van der Waals surface area contributed by atoms with Gasteiger partial charge in [-0.1, -0.05) is 60.7 Å². The van der Waals surface area contributed by atoms with Gasteiger partial charge in [-0.25, -0.2) is 0 Å². The summed E-state index contributed by atoms with van der Waals surface area (Å²) in [4.78, 5) is 9.00. The molecule has 2 N–H and O–H groups in total. The van der Waals surface area contributed by atoms with Crippen LogP contribution in [0.5, 0.6) is 0 Å². The predicted octanol–water partition coefficient (Wildman–Crippen LogP) is 6.23. The summed E-state index contributed by atoms with van der Waals surface area (Å²) in [6.07, 6.45) is -2.87. The fourth-order valence-electron chi connectivity index (χ4n) is 3.25. The molecule has 0 radical (unpaired) electrons. The molecule has 3 rings (SSSR count). The fourth-order valence-corrected chi connectivity index (χ4v) is 3.25. The summed E-state index contributed by atoms with van der Waals surface area (Å²) in [6, 6.07) is 20.3. The van der Waals surface area contributed by atoms with E-state index in [2.05, 4.69) is 42.6 Å². The van der Waals surface area contributed by atoms with Crippen molar-refractivity contribution < 1.29 is 23.1 Å². The Morgan fingerprint density at radius 2 is 1.67 bits per heavy atom. The molecule has 3 aromatic rings. The van der Waals surface area contributed by atoms with E-state index in [-0.39, 0.29) is 6.04 Å². The maximum atomic E-state index is 12.8. The summed E-state index contributed by atoms with van der Waals surface area (Å²) in [7, 11) is 0. The lowest BCUT2D eigenvalue weighted by molar-refractivity contribution is -0.137. The van der Waals surface area contributed by atoms with Crippen molar-refractivity contribution in [1.29, 1.82) is 0 Å². The molecule has 0 bridgehead atoms. The third-order valence-electron chi connectivity index (χ3n) is 4.64. The van der Waals surface area contributed by atoms with Crippen LogP contribution >= 0.6 is 0 Å². The molecule has 0 saturated carbocycles. The van der Waals surface area contributed by atoms with Crippen molar-refractivity contribution in [2.75, 3.05) is 6.54 Å². The highest BCUT2D eigenvalue weighted by molar-refractivity contribution is 5.86. The zero-order valence-electron chi connectivity index (χ0n) is 17.0. The number of rotatable bonds is 6. The molecule has 160 valence electrons. The second-order valence-electron chi connectivity index (χ2n) is 7.06. The molecule has 0 aliphatic rings. The Morgan fingerprint density at radius 3 is 2.37 bits per heavy atom. The number of aliphatic carboxylic acids is 1. The van der Waals surface area contributed by atoms with Gasteiger partial charge in [0.25, 0.3) is 5.97 Å². The minimum absolute atomic E-state index is 0.183. The van der Waals surface area contributed by atoms with E-state index < -0.39 is 17.7 Å². The molecule has 0 fully saturated rings. The molecule has 0 aromatic heterocycles. The van der Waals surface area contributed by atoms with Crippen molar-refractivity contribution in [3.05, 3.63) is 83.4 Å².